The van der Waals surface area contributed by atoms with Crippen molar-refractivity contribution in [2.24, 2.45) is 5.73 Å². The lowest BCUT2D eigenvalue weighted by Gasteiger charge is -2.22. The number of aliphatic hydroxyl groups is 1. The lowest BCUT2D eigenvalue weighted by Crippen LogP contribution is -2.34. The monoisotopic (exact) mass is 147 g/mol. The summed E-state index contributed by atoms with van der Waals surface area (Å²) in [6.07, 6.45) is 0.684. The minimum absolute atomic E-state index is 0.181. The number of rotatable bonds is 5. The molecule has 3 nitrogen and oxygen atoms in total. The Kier molecular flexibility index (Phi) is 4.60. The smallest absolute Gasteiger partial charge is 0.0748 e. The summed E-state index contributed by atoms with van der Waals surface area (Å²) >= 11 is 0. The van der Waals surface area contributed by atoms with E-state index in [0.717, 1.165) is 0 Å². The van der Waals surface area contributed by atoms with Crippen LogP contribution in [0.1, 0.15) is 20.3 Å². The summed E-state index contributed by atoms with van der Waals surface area (Å²) < 4.78 is 5.33. The van der Waals surface area contributed by atoms with Gasteiger partial charge < -0.3 is 15.6 Å². The van der Waals surface area contributed by atoms with Crippen LogP contribution in [0, 0.1) is 0 Å². The summed E-state index contributed by atoms with van der Waals surface area (Å²) in [5, 5.41) is 8.42. The van der Waals surface area contributed by atoms with E-state index < -0.39 is 0 Å². The molecule has 0 heterocycles. The van der Waals surface area contributed by atoms with Gasteiger partial charge in [-0.15, -0.1) is 0 Å². The van der Waals surface area contributed by atoms with Crippen molar-refractivity contribution in [1.29, 1.82) is 0 Å². The van der Waals surface area contributed by atoms with Gasteiger partial charge in [0.1, 0.15) is 0 Å². The maximum atomic E-state index is 8.42. The minimum atomic E-state index is -0.241. The van der Waals surface area contributed by atoms with Crippen molar-refractivity contribution in [3.05, 3.63) is 0 Å². The van der Waals surface area contributed by atoms with Gasteiger partial charge in [0, 0.05) is 19.8 Å². The second kappa shape index (κ2) is 4.66. The topological polar surface area (TPSA) is 55.5 Å². The lowest BCUT2D eigenvalue weighted by atomic mass is 10.1. The first-order valence-electron chi connectivity index (χ1n) is 3.57. The first-order valence-corrected chi connectivity index (χ1v) is 3.57. The molecule has 0 saturated carbocycles. The van der Waals surface area contributed by atoms with E-state index in [4.69, 9.17) is 15.6 Å². The molecule has 0 radical (unpaired) electrons. The number of aliphatic hydroxyl groups excluding tert-OH is 1. The highest BCUT2D eigenvalue weighted by Crippen LogP contribution is 2.05. The van der Waals surface area contributed by atoms with Gasteiger partial charge in [-0.2, -0.15) is 0 Å². The summed E-state index contributed by atoms with van der Waals surface area (Å²) in [6, 6.07) is 0. The molecule has 62 valence electrons. The zero-order chi connectivity index (χ0) is 8.04. The maximum absolute atomic E-state index is 8.42. The second-order valence-corrected chi connectivity index (χ2v) is 2.89. The number of hydrogen-bond donors (Lipinski definition) is 2. The Balaban J connectivity index is 3.28. The van der Waals surface area contributed by atoms with Gasteiger partial charge in [-0.25, -0.2) is 0 Å². The van der Waals surface area contributed by atoms with Crippen LogP contribution in [0.4, 0.5) is 0 Å². The van der Waals surface area contributed by atoms with Crippen LogP contribution >= 0.6 is 0 Å². The summed E-state index contributed by atoms with van der Waals surface area (Å²) in [5.41, 5.74) is 5.16. The molecule has 0 fully saturated rings. The fourth-order valence-electron chi connectivity index (χ4n) is 0.472. The summed E-state index contributed by atoms with van der Waals surface area (Å²) in [7, 11) is 0. The van der Waals surface area contributed by atoms with Gasteiger partial charge in [-0.05, 0) is 20.3 Å². The fourth-order valence-corrected chi connectivity index (χ4v) is 0.472. The number of ether oxygens (including phenoxy) is 1. The Morgan fingerprint density at radius 3 is 2.50 bits per heavy atom. The molecular formula is C7H17NO2. The molecule has 0 atom stereocenters. The molecule has 0 aromatic heterocycles. The highest BCUT2D eigenvalue weighted by atomic mass is 16.5. The third-order valence-corrected chi connectivity index (χ3v) is 1.29. The second-order valence-electron chi connectivity index (χ2n) is 2.89. The van der Waals surface area contributed by atoms with Crippen LogP contribution in [0.15, 0.2) is 0 Å². The molecule has 3 heteroatoms. The highest BCUT2D eigenvalue weighted by molar-refractivity contribution is 4.68. The van der Waals surface area contributed by atoms with E-state index in [0.29, 0.717) is 19.6 Å². The zero-order valence-electron chi connectivity index (χ0n) is 6.76. The molecule has 10 heavy (non-hydrogen) atoms. The third-order valence-electron chi connectivity index (χ3n) is 1.29. The van der Waals surface area contributed by atoms with Crippen molar-refractivity contribution in [2.75, 3.05) is 19.8 Å². The van der Waals surface area contributed by atoms with E-state index in [1.165, 1.54) is 0 Å². The predicted molar refractivity (Wildman–Crippen MR) is 40.8 cm³/mol. The maximum Gasteiger partial charge on any atom is 0.0748 e. The van der Waals surface area contributed by atoms with Crippen LogP contribution in [0.5, 0.6) is 0 Å². The molecule has 0 spiro atoms. The summed E-state index contributed by atoms with van der Waals surface area (Å²) in [5.74, 6) is 0. The number of nitrogens with two attached hydrogens (primary N) is 1. The van der Waals surface area contributed by atoms with E-state index in [9.17, 15) is 0 Å². The van der Waals surface area contributed by atoms with Gasteiger partial charge in [-0.1, -0.05) is 0 Å². The van der Waals surface area contributed by atoms with Crippen LogP contribution in [0.3, 0.4) is 0 Å². The highest BCUT2D eigenvalue weighted by Gasteiger charge is 2.14. The SMILES string of the molecule is CC(C)(CN)OCCCO. The van der Waals surface area contributed by atoms with Crippen molar-refractivity contribution in [1.82, 2.24) is 0 Å². The van der Waals surface area contributed by atoms with E-state index >= 15 is 0 Å². The van der Waals surface area contributed by atoms with Crippen LogP contribution in [-0.4, -0.2) is 30.5 Å². The fraction of sp³-hybridized carbons (Fsp3) is 1.00. The van der Waals surface area contributed by atoms with E-state index in [2.05, 4.69) is 0 Å². The van der Waals surface area contributed by atoms with Gasteiger partial charge in [0.05, 0.1) is 5.60 Å². The zero-order valence-corrected chi connectivity index (χ0v) is 6.76. The molecule has 0 aliphatic rings. The Hall–Kier alpha value is -0.120. The standard InChI is InChI=1S/C7H17NO2/c1-7(2,6-8)10-5-3-4-9/h9H,3-6,8H2,1-2H3. The van der Waals surface area contributed by atoms with Crippen molar-refractivity contribution in [3.63, 3.8) is 0 Å². The van der Waals surface area contributed by atoms with Crippen LogP contribution in [0.2, 0.25) is 0 Å². The van der Waals surface area contributed by atoms with E-state index in [-0.39, 0.29) is 12.2 Å². The minimum Gasteiger partial charge on any atom is -0.396 e. The van der Waals surface area contributed by atoms with E-state index in [1.807, 2.05) is 13.8 Å². The molecule has 0 bridgehead atoms. The number of hydrogen-bond acceptors (Lipinski definition) is 3. The Bertz CT molecular complexity index is 83.7. The van der Waals surface area contributed by atoms with Gasteiger partial charge in [0.2, 0.25) is 0 Å². The third kappa shape index (κ3) is 4.73. The Morgan fingerprint density at radius 2 is 2.10 bits per heavy atom. The molecule has 0 rings (SSSR count). The van der Waals surface area contributed by atoms with Crippen molar-refractivity contribution >= 4 is 0 Å². The normalized spacial score (nSPS) is 12.0. The van der Waals surface area contributed by atoms with Crippen molar-refractivity contribution < 1.29 is 9.84 Å². The van der Waals surface area contributed by atoms with Gasteiger partial charge >= 0.3 is 0 Å². The molecule has 0 unspecified atom stereocenters. The average Bonchev–Trinajstić information content (AvgIpc) is 1.89. The first kappa shape index (κ1) is 9.88. The van der Waals surface area contributed by atoms with Gasteiger partial charge in [0.25, 0.3) is 0 Å². The van der Waals surface area contributed by atoms with Crippen LogP contribution in [0.25, 0.3) is 0 Å². The average molecular weight is 147 g/mol. The molecule has 0 saturated heterocycles. The van der Waals surface area contributed by atoms with Crippen molar-refractivity contribution in [3.8, 4) is 0 Å². The summed E-state index contributed by atoms with van der Waals surface area (Å²) in [4.78, 5) is 0. The molecular weight excluding hydrogens is 130 g/mol. The van der Waals surface area contributed by atoms with Gasteiger partial charge in [-0.3, -0.25) is 0 Å². The van der Waals surface area contributed by atoms with Crippen LogP contribution in [-0.2, 0) is 4.74 Å². The van der Waals surface area contributed by atoms with Gasteiger partial charge in [0.15, 0.2) is 0 Å². The molecule has 0 amide bonds. The van der Waals surface area contributed by atoms with E-state index in [1.54, 1.807) is 0 Å². The first-order chi connectivity index (χ1) is 4.62. The molecule has 0 aliphatic heterocycles. The largest absolute Gasteiger partial charge is 0.396 e. The lowest BCUT2D eigenvalue weighted by molar-refractivity contribution is -0.0158. The molecule has 0 aliphatic carbocycles. The predicted octanol–water partition coefficient (Wildman–Crippen LogP) is 0.123. The molecule has 3 N–H and O–H groups in total. The van der Waals surface area contributed by atoms with Crippen molar-refractivity contribution in [2.45, 2.75) is 25.9 Å². The summed E-state index contributed by atoms with van der Waals surface area (Å²) in [6.45, 7) is 5.15. The molecule has 0 aromatic carbocycles. The van der Waals surface area contributed by atoms with Crippen LogP contribution < -0.4 is 5.73 Å². The quantitative estimate of drug-likeness (QED) is 0.543. The molecule has 0 aromatic rings. The Labute approximate surface area is 62.2 Å². The Morgan fingerprint density at radius 1 is 1.50 bits per heavy atom.